The summed E-state index contributed by atoms with van der Waals surface area (Å²) in [5, 5.41) is 12.1. The number of fused-ring (bicyclic) bond motifs is 1. The summed E-state index contributed by atoms with van der Waals surface area (Å²) in [6.07, 6.45) is 2.00. The molecule has 132 valence electrons. The highest BCUT2D eigenvalue weighted by molar-refractivity contribution is 5.98. The fraction of sp³-hybridized carbons (Fsp3) is 0.353. The first-order valence-corrected chi connectivity index (χ1v) is 8.06. The highest BCUT2D eigenvalue weighted by Gasteiger charge is 2.29. The molecule has 0 spiro atoms. The van der Waals surface area contributed by atoms with Gasteiger partial charge >= 0.3 is 0 Å². The van der Waals surface area contributed by atoms with Gasteiger partial charge in [0.2, 0.25) is 5.91 Å². The van der Waals surface area contributed by atoms with Crippen molar-refractivity contribution < 1.29 is 14.3 Å². The van der Waals surface area contributed by atoms with Crippen LogP contribution in [0.3, 0.4) is 0 Å². The van der Waals surface area contributed by atoms with Gasteiger partial charge in [0.1, 0.15) is 23.8 Å². The van der Waals surface area contributed by atoms with Crippen LogP contribution in [0, 0.1) is 5.82 Å². The Balaban J connectivity index is 2.00. The van der Waals surface area contributed by atoms with Crippen LogP contribution in [0.5, 0.6) is 0 Å². The second kappa shape index (κ2) is 7.43. The third-order valence-electron chi connectivity index (χ3n) is 4.04. The van der Waals surface area contributed by atoms with E-state index in [-0.39, 0.29) is 31.3 Å². The average molecular weight is 345 g/mol. The van der Waals surface area contributed by atoms with Gasteiger partial charge in [-0.25, -0.2) is 14.4 Å². The number of carbonyl (C=O) groups excluding carboxylic acids is 1. The number of nitrogens with zero attached hydrogens (tertiary/aromatic N) is 4. The predicted molar refractivity (Wildman–Crippen MR) is 93.1 cm³/mol. The smallest absolute Gasteiger partial charge is 0.246 e. The highest BCUT2D eigenvalue weighted by atomic mass is 19.1. The molecule has 0 radical (unpaired) electrons. The van der Waals surface area contributed by atoms with Crippen molar-refractivity contribution in [3.05, 3.63) is 42.0 Å². The van der Waals surface area contributed by atoms with Gasteiger partial charge in [0.05, 0.1) is 24.3 Å². The van der Waals surface area contributed by atoms with Crippen LogP contribution < -0.4 is 15.1 Å². The summed E-state index contributed by atoms with van der Waals surface area (Å²) in [7, 11) is 1.77. The Morgan fingerprint density at radius 1 is 1.28 bits per heavy atom. The number of rotatable bonds is 5. The standard InChI is InChI=1S/C17H20FN5O2/c1-22-10-15(25)23(14-6-3-2-5-13(14)18)9-12-16(19-7-4-8-24)20-11-21-17(12)22/h2-3,5-6,11,24H,4,7-10H2,1H3,(H,19,20,21). The number of halogens is 1. The lowest BCUT2D eigenvalue weighted by atomic mass is 10.2. The lowest BCUT2D eigenvalue weighted by Gasteiger charge is -2.22. The van der Waals surface area contributed by atoms with Crippen molar-refractivity contribution in [2.45, 2.75) is 13.0 Å². The van der Waals surface area contributed by atoms with E-state index >= 15 is 0 Å². The molecule has 7 nitrogen and oxygen atoms in total. The second-order valence-electron chi connectivity index (χ2n) is 5.82. The zero-order valence-electron chi connectivity index (χ0n) is 13.9. The summed E-state index contributed by atoms with van der Waals surface area (Å²) in [6, 6.07) is 6.20. The number of hydrogen-bond donors (Lipinski definition) is 2. The third-order valence-corrected chi connectivity index (χ3v) is 4.04. The van der Waals surface area contributed by atoms with Crippen LogP contribution in [0.15, 0.2) is 30.6 Å². The number of benzene rings is 1. The monoisotopic (exact) mass is 345 g/mol. The van der Waals surface area contributed by atoms with Crippen molar-refractivity contribution >= 4 is 23.2 Å². The van der Waals surface area contributed by atoms with Gasteiger partial charge < -0.3 is 20.2 Å². The fourth-order valence-electron chi connectivity index (χ4n) is 2.82. The van der Waals surface area contributed by atoms with Crippen LogP contribution >= 0.6 is 0 Å². The number of anilines is 3. The van der Waals surface area contributed by atoms with Gasteiger partial charge in [-0.2, -0.15) is 0 Å². The summed E-state index contributed by atoms with van der Waals surface area (Å²) in [5.41, 5.74) is 0.955. The first-order chi connectivity index (χ1) is 12.1. The number of likely N-dealkylation sites (N-methyl/N-ethyl adjacent to an activating group) is 1. The number of para-hydroxylation sites is 1. The zero-order chi connectivity index (χ0) is 17.8. The lowest BCUT2D eigenvalue weighted by molar-refractivity contribution is -0.117. The van der Waals surface area contributed by atoms with Crippen LogP contribution in [0.4, 0.5) is 21.7 Å². The molecule has 0 unspecified atom stereocenters. The molecule has 2 heterocycles. The minimum atomic E-state index is -0.450. The van der Waals surface area contributed by atoms with Gasteiger partial charge in [-0.1, -0.05) is 12.1 Å². The maximum absolute atomic E-state index is 14.2. The van der Waals surface area contributed by atoms with Gasteiger partial charge in [0, 0.05) is 20.2 Å². The molecule has 1 aromatic heterocycles. The van der Waals surface area contributed by atoms with Gasteiger partial charge in [0.25, 0.3) is 0 Å². The maximum atomic E-state index is 14.2. The summed E-state index contributed by atoms with van der Waals surface area (Å²) in [4.78, 5) is 24.3. The normalized spacial score (nSPS) is 14.3. The number of aliphatic hydroxyl groups excluding tert-OH is 1. The molecule has 25 heavy (non-hydrogen) atoms. The Labute approximate surface area is 145 Å². The Hall–Kier alpha value is -2.74. The zero-order valence-corrected chi connectivity index (χ0v) is 13.9. The number of hydrogen-bond acceptors (Lipinski definition) is 6. The van der Waals surface area contributed by atoms with E-state index in [0.717, 1.165) is 5.56 Å². The molecule has 1 aliphatic heterocycles. The summed E-state index contributed by atoms with van der Waals surface area (Å²) in [5.74, 6) is 0.551. The summed E-state index contributed by atoms with van der Waals surface area (Å²) < 4.78 is 14.2. The van der Waals surface area contributed by atoms with E-state index < -0.39 is 5.82 Å². The van der Waals surface area contributed by atoms with Gasteiger partial charge in [-0.05, 0) is 18.6 Å². The Morgan fingerprint density at radius 2 is 2.08 bits per heavy atom. The van der Waals surface area contributed by atoms with Crippen LogP contribution in [0.2, 0.25) is 0 Å². The topological polar surface area (TPSA) is 81.6 Å². The van der Waals surface area contributed by atoms with E-state index in [1.165, 1.54) is 17.3 Å². The molecule has 1 aromatic carbocycles. The molecule has 2 N–H and O–H groups in total. The van der Waals surface area contributed by atoms with Crippen molar-refractivity contribution in [1.29, 1.82) is 0 Å². The first-order valence-electron chi connectivity index (χ1n) is 8.06. The molecule has 8 heteroatoms. The fourth-order valence-corrected chi connectivity index (χ4v) is 2.82. The molecular formula is C17H20FN5O2. The van der Waals surface area contributed by atoms with Gasteiger partial charge in [0.15, 0.2) is 0 Å². The molecule has 3 rings (SSSR count). The van der Waals surface area contributed by atoms with E-state index in [4.69, 9.17) is 5.11 Å². The van der Waals surface area contributed by atoms with E-state index in [2.05, 4.69) is 15.3 Å². The number of carbonyl (C=O) groups is 1. The molecule has 0 fully saturated rings. The van der Waals surface area contributed by atoms with Crippen molar-refractivity contribution in [1.82, 2.24) is 9.97 Å². The molecule has 0 aliphatic carbocycles. The number of amides is 1. The maximum Gasteiger partial charge on any atom is 0.246 e. The van der Waals surface area contributed by atoms with Crippen molar-refractivity contribution in [3.63, 3.8) is 0 Å². The molecule has 0 saturated carbocycles. The number of aliphatic hydroxyl groups is 1. The van der Waals surface area contributed by atoms with E-state index in [9.17, 15) is 9.18 Å². The van der Waals surface area contributed by atoms with Crippen LogP contribution in [0.25, 0.3) is 0 Å². The first kappa shape index (κ1) is 17.1. The second-order valence-corrected chi connectivity index (χ2v) is 5.82. The largest absolute Gasteiger partial charge is 0.396 e. The minimum Gasteiger partial charge on any atom is -0.396 e. The van der Waals surface area contributed by atoms with Crippen molar-refractivity contribution in [3.8, 4) is 0 Å². The van der Waals surface area contributed by atoms with Crippen LogP contribution in [-0.4, -0.2) is 47.7 Å². The molecule has 0 saturated heterocycles. The number of nitrogens with one attached hydrogen (secondary N) is 1. The molecule has 1 aliphatic rings. The Kier molecular flexibility index (Phi) is 5.08. The van der Waals surface area contributed by atoms with Gasteiger partial charge in [-0.15, -0.1) is 0 Å². The van der Waals surface area contributed by atoms with Gasteiger partial charge in [-0.3, -0.25) is 4.79 Å². The predicted octanol–water partition coefficient (Wildman–Crippen LogP) is 1.39. The summed E-state index contributed by atoms with van der Waals surface area (Å²) in [6.45, 7) is 0.869. The van der Waals surface area contributed by atoms with E-state index in [1.807, 2.05) is 0 Å². The highest BCUT2D eigenvalue weighted by Crippen LogP contribution is 2.30. The molecular weight excluding hydrogens is 325 g/mol. The lowest BCUT2D eigenvalue weighted by Crippen LogP contribution is -2.36. The van der Waals surface area contributed by atoms with Crippen molar-refractivity contribution in [2.24, 2.45) is 0 Å². The molecule has 0 bridgehead atoms. The van der Waals surface area contributed by atoms with Crippen molar-refractivity contribution in [2.75, 3.05) is 41.9 Å². The van der Waals surface area contributed by atoms with Crippen LogP contribution in [0.1, 0.15) is 12.0 Å². The molecule has 2 aromatic rings. The SMILES string of the molecule is CN1CC(=O)N(c2ccccc2F)Cc2c(NCCCO)ncnc21. The summed E-state index contributed by atoms with van der Waals surface area (Å²) >= 11 is 0. The minimum absolute atomic E-state index is 0.0695. The van der Waals surface area contributed by atoms with E-state index in [1.54, 1.807) is 30.1 Å². The number of aromatic nitrogens is 2. The Morgan fingerprint density at radius 3 is 2.84 bits per heavy atom. The molecule has 1 amide bonds. The Bertz CT molecular complexity index is 770. The average Bonchev–Trinajstić information content (AvgIpc) is 2.73. The molecule has 0 atom stereocenters. The van der Waals surface area contributed by atoms with Crippen LogP contribution in [-0.2, 0) is 11.3 Å². The van der Waals surface area contributed by atoms with E-state index in [0.29, 0.717) is 24.6 Å². The quantitative estimate of drug-likeness (QED) is 0.797. The third kappa shape index (κ3) is 3.53.